The molecule has 0 radical (unpaired) electrons. The van der Waals surface area contributed by atoms with Gasteiger partial charge in [0.15, 0.2) is 0 Å². The van der Waals surface area contributed by atoms with E-state index in [-0.39, 0.29) is 18.5 Å². The first-order valence-corrected chi connectivity index (χ1v) is 8.69. The Morgan fingerprint density at radius 3 is 2.56 bits per heavy atom. The van der Waals surface area contributed by atoms with E-state index in [4.69, 9.17) is 5.73 Å². The minimum atomic E-state index is -0.482. The molecule has 1 saturated carbocycles. The number of benzene rings is 1. The summed E-state index contributed by atoms with van der Waals surface area (Å²) in [6.45, 7) is 3.85. The Morgan fingerprint density at radius 1 is 1.24 bits per heavy atom. The van der Waals surface area contributed by atoms with Crippen molar-refractivity contribution in [2.24, 2.45) is 5.73 Å². The van der Waals surface area contributed by atoms with Gasteiger partial charge in [-0.3, -0.25) is 9.59 Å². The topological polar surface area (TPSA) is 81.2 Å². The van der Waals surface area contributed by atoms with E-state index >= 15 is 0 Å². The van der Waals surface area contributed by atoms with E-state index in [0.717, 1.165) is 42.6 Å². The van der Waals surface area contributed by atoms with Crippen molar-refractivity contribution >= 4 is 11.8 Å². The van der Waals surface area contributed by atoms with Gasteiger partial charge in [0.2, 0.25) is 5.91 Å². The SMILES string of the molecule is Cc1ccccc1-n1ncc(C(=O)N(CC(N)=O)C2CCCC2)c1C. The van der Waals surface area contributed by atoms with Crippen LogP contribution in [0.15, 0.2) is 30.5 Å². The summed E-state index contributed by atoms with van der Waals surface area (Å²) >= 11 is 0. The van der Waals surface area contributed by atoms with Gasteiger partial charge < -0.3 is 10.6 Å². The van der Waals surface area contributed by atoms with Crippen LogP contribution < -0.4 is 5.73 Å². The van der Waals surface area contributed by atoms with Crippen LogP contribution in [-0.2, 0) is 4.79 Å². The Bertz CT molecular complexity index is 790. The second-order valence-corrected chi connectivity index (χ2v) is 6.68. The van der Waals surface area contributed by atoms with Crippen LogP contribution in [0.25, 0.3) is 5.69 Å². The van der Waals surface area contributed by atoms with Gasteiger partial charge in [-0.25, -0.2) is 4.68 Å². The van der Waals surface area contributed by atoms with Crippen molar-refractivity contribution in [1.29, 1.82) is 0 Å². The molecule has 0 atom stereocenters. The number of hydrogen-bond donors (Lipinski definition) is 1. The number of carbonyl (C=O) groups is 2. The molecule has 1 heterocycles. The van der Waals surface area contributed by atoms with Crippen LogP contribution in [0.4, 0.5) is 0 Å². The molecule has 0 bridgehead atoms. The molecule has 1 aliphatic rings. The van der Waals surface area contributed by atoms with Gasteiger partial charge in [0.1, 0.15) is 0 Å². The summed E-state index contributed by atoms with van der Waals surface area (Å²) in [7, 11) is 0. The maximum Gasteiger partial charge on any atom is 0.258 e. The fourth-order valence-corrected chi connectivity index (χ4v) is 3.57. The quantitative estimate of drug-likeness (QED) is 0.907. The van der Waals surface area contributed by atoms with E-state index in [9.17, 15) is 9.59 Å². The summed E-state index contributed by atoms with van der Waals surface area (Å²) in [5.41, 5.74) is 8.70. The van der Waals surface area contributed by atoms with Gasteiger partial charge in [0.25, 0.3) is 5.91 Å². The molecule has 25 heavy (non-hydrogen) atoms. The lowest BCUT2D eigenvalue weighted by atomic mass is 10.1. The van der Waals surface area contributed by atoms with Crippen molar-refractivity contribution in [2.45, 2.75) is 45.6 Å². The molecule has 2 aromatic rings. The number of nitrogens with zero attached hydrogens (tertiary/aromatic N) is 3. The Hall–Kier alpha value is -2.63. The van der Waals surface area contributed by atoms with Crippen molar-refractivity contribution in [3.8, 4) is 5.69 Å². The van der Waals surface area contributed by atoms with E-state index in [1.807, 2.05) is 38.1 Å². The zero-order chi connectivity index (χ0) is 18.0. The third-order valence-electron chi connectivity index (χ3n) is 4.94. The van der Waals surface area contributed by atoms with Crippen LogP contribution in [-0.4, -0.2) is 39.1 Å². The third kappa shape index (κ3) is 3.43. The third-order valence-corrected chi connectivity index (χ3v) is 4.94. The molecule has 1 aromatic carbocycles. The lowest BCUT2D eigenvalue weighted by Crippen LogP contribution is -2.44. The molecule has 2 amide bonds. The summed E-state index contributed by atoms with van der Waals surface area (Å²) in [6, 6.07) is 7.99. The maximum atomic E-state index is 13.1. The highest BCUT2D eigenvalue weighted by Crippen LogP contribution is 2.26. The monoisotopic (exact) mass is 340 g/mol. The smallest absolute Gasteiger partial charge is 0.258 e. The van der Waals surface area contributed by atoms with E-state index in [2.05, 4.69) is 5.10 Å². The Morgan fingerprint density at radius 2 is 1.92 bits per heavy atom. The molecule has 1 aromatic heterocycles. The predicted octanol–water partition coefficient (Wildman–Crippen LogP) is 2.36. The van der Waals surface area contributed by atoms with Gasteiger partial charge in [-0.2, -0.15) is 5.10 Å². The number of nitrogens with two attached hydrogens (primary N) is 1. The fourth-order valence-electron chi connectivity index (χ4n) is 3.57. The lowest BCUT2D eigenvalue weighted by Gasteiger charge is -2.27. The van der Waals surface area contributed by atoms with Gasteiger partial charge in [0, 0.05) is 6.04 Å². The van der Waals surface area contributed by atoms with Crippen molar-refractivity contribution < 1.29 is 9.59 Å². The Balaban J connectivity index is 1.93. The molecule has 0 aliphatic heterocycles. The zero-order valence-electron chi connectivity index (χ0n) is 14.7. The van der Waals surface area contributed by atoms with Crippen LogP contribution in [0.1, 0.15) is 47.3 Å². The molecule has 6 heteroatoms. The molecule has 0 saturated heterocycles. The summed E-state index contributed by atoms with van der Waals surface area (Å²) in [5, 5.41) is 4.41. The number of para-hydroxylation sites is 1. The molecule has 1 aliphatic carbocycles. The second-order valence-electron chi connectivity index (χ2n) is 6.68. The van der Waals surface area contributed by atoms with Crippen LogP contribution in [0.5, 0.6) is 0 Å². The minimum absolute atomic E-state index is 0.0432. The van der Waals surface area contributed by atoms with Gasteiger partial charge in [-0.15, -0.1) is 0 Å². The maximum absolute atomic E-state index is 13.1. The van der Waals surface area contributed by atoms with Crippen LogP contribution in [0, 0.1) is 13.8 Å². The highest BCUT2D eigenvalue weighted by molar-refractivity contribution is 5.97. The summed E-state index contributed by atoms with van der Waals surface area (Å²) < 4.78 is 1.78. The molecular formula is C19H24N4O2. The molecule has 132 valence electrons. The van der Waals surface area contributed by atoms with Gasteiger partial charge in [0.05, 0.1) is 29.7 Å². The number of aromatic nitrogens is 2. The average molecular weight is 340 g/mol. The molecule has 2 N–H and O–H groups in total. The number of rotatable bonds is 5. The first-order valence-electron chi connectivity index (χ1n) is 8.69. The van der Waals surface area contributed by atoms with E-state index in [1.54, 1.807) is 15.8 Å². The number of hydrogen-bond acceptors (Lipinski definition) is 3. The first-order chi connectivity index (χ1) is 12.0. The minimum Gasteiger partial charge on any atom is -0.368 e. The van der Waals surface area contributed by atoms with Crippen molar-refractivity contribution in [1.82, 2.24) is 14.7 Å². The van der Waals surface area contributed by atoms with E-state index in [0.29, 0.717) is 5.56 Å². The second kappa shape index (κ2) is 7.09. The van der Waals surface area contributed by atoms with Crippen molar-refractivity contribution in [3.05, 3.63) is 47.3 Å². The number of primary amides is 1. The van der Waals surface area contributed by atoms with Crippen LogP contribution in [0.2, 0.25) is 0 Å². The molecule has 3 rings (SSSR count). The van der Waals surface area contributed by atoms with Gasteiger partial charge in [-0.1, -0.05) is 31.0 Å². The molecular weight excluding hydrogens is 316 g/mol. The molecule has 0 spiro atoms. The average Bonchev–Trinajstić information content (AvgIpc) is 3.22. The van der Waals surface area contributed by atoms with Crippen LogP contribution in [0.3, 0.4) is 0 Å². The van der Waals surface area contributed by atoms with Gasteiger partial charge >= 0.3 is 0 Å². The summed E-state index contributed by atoms with van der Waals surface area (Å²) in [4.78, 5) is 26.2. The molecule has 6 nitrogen and oxygen atoms in total. The highest BCUT2D eigenvalue weighted by Gasteiger charge is 2.30. The van der Waals surface area contributed by atoms with Gasteiger partial charge in [-0.05, 0) is 38.3 Å². The standard InChI is InChI=1S/C19H24N4O2/c1-13-7-3-6-10-17(13)23-14(2)16(11-21-23)19(25)22(12-18(20)24)15-8-4-5-9-15/h3,6-7,10-11,15H,4-5,8-9,12H2,1-2H3,(H2,20,24). The number of carbonyl (C=O) groups excluding carboxylic acids is 2. The normalized spacial score (nSPS) is 14.6. The van der Waals surface area contributed by atoms with Crippen molar-refractivity contribution in [2.75, 3.05) is 6.54 Å². The first kappa shape index (κ1) is 17.2. The molecule has 0 unspecified atom stereocenters. The number of amides is 2. The number of aryl methyl sites for hydroxylation is 1. The fraction of sp³-hybridized carbons (Fsp3) is 0.421. The summed E-state index contributed by atoms with van der Waals surface area (Å²) in [6.07, 6.45) is 5.59. The molecule has 1 fully saturated rings. The largest absolute Gasteiger partial charge is 0.368 e. The van der Waals surface area contributed by atoms with Crippen molar-refractivity contribution in [3.63, 3.8) is 0 Å². The zero-order valence-corrected chi connectivity index (χ0v) is 14.7. The summed E-state index contributed by atoms with van der Waals surface area (Å²) in [5.74, 6) is -0.646. The lowest BCUT2D eigenvalue weighted by molar-refractivity contribution is -0.119. The van der Waals surface area contributed by atoms with E-state index in [1.165, 1.54) is 0 Å². The Kier molecular flexibility index (Phi) is 4.88. The van der Waals surface area contributed by atoms with E-state index < -0.39 is 5.91 Å². The van der Waals surface area contributed by atoms with Crippen LogP contribution >= 0.6 is 0 Å². The Labute approximate surface area is 147 Å². The highest BCUT2D eigenvalue weighted by atomic mass is 16.2. The predicted molar refractivity (Wildman–Crippen MR) is 95.5 cm³/mol.